The van der Waals surface area contributed by atoms with Gasteiger partial charge in [0, 0.05) is 41.4 Å². The Hall–Kier alpha value is -2.25. The van der Waals surface area contributed by atoms with Crippen molar-refractivity contribution in [3.8, 4) is 11.3 Å². The third-order valence-corrected chi connectivity index (χ3v) is 6.66. The van der Waals surface area contributed by atoms with Crippen LogP contribution in [0.2, 0.25) is 0 Å². The Morgan fingerprint density at radius 1 is 1.28 bits per heavy atom. The van der Waals surface area contributed by atoms with Crippen molar-refractivity contribution in [1.82, 2.24) is 4.98 Å². The average Bonchev–Trinajstić information content (AvgIpc) is 3.40. The van der Waals surface area contributed by atoms with Crippen molar-refractivity contribution >= 4 is 34.0 Å². The van der Waals surface area contributed by atoms with E-state index in [2.05, 4.69) is 11.4 Å². The van der Waals surface area contributed by atoms with Gasteiger partial charge in [0.05, 0.1) is 18.8 Å². The molecule has 154 valence electrons. The molecule has 0 radical (unpaired) electrons. The van der Waals surface area contributed by atoms with Crippen LogP contribution < -0.4 is 15.1 Å². The molecule has 0 unspecified atom stereocenters. The molecule has 2 aliphatic rings. The molecular formula is C22H29N4O2S+. The smallest absolute Gasteiger partial charge is 0.281 e. The van der Waals surface area contributed by atoms with Gasteiger partial charge in [-0.25, -0.2) is 4.98 Å². The normalized spacial score (nSPS) is 16.5. The molecule has 0 aliphatic carbocycles. The van der Waals surface area contributed by atoms with Gasteiger partial charge in [-0.15, -0.1) is 11.3 Å². The van der Waals surface area contributed by atoms with Crippen LogP contribution in [-0.2, 0) is 16.0 Å². The van der Waals surface area contributed by atoms with Crippen molar-refractivity contribution in [3.63, 3.8) is 0 Å². The van der Waals surface area contributed by atoms with Gasteiger partial charge in [-0.05, 0) is 31.0 Å². The topological polar surface area (TPSA) is 66.7 Å². The summed E-state index contributed by atoms with van der Waals surface area (Å²) in [5, 5.41) is 3.65. The Morgan fingerprint density at radius 2 is 2.03 bits per heavy atom. The maximum absolute atomic E-state index is 12.4. The van der Waals surface area contributed by atoms with Crippen LogP contribution in [0.15, 0.2) is 18.2 Å². The van der Waals surface area contributed by atoms with Crippen molar-refractivity contribution in [2.45, 2.75) is 40.0 Å². The van der Waals surface area contributed by atoms with Crippen LogP contribution in [0, 0.1) is 12.8 Å². The molecule has 0 spiro atoms. The Balaban J connectivity index is 1.49. The van der Waals surface area contributed by atoms with E-state index in [1.54, 1.807) is 0 Å². The quantitative estimate of drug-likeness (QED) is 0.790. The fraction of sp³-hybridized carbons (Fsp3) is 0.500. The summed E-state index contributed by atoms with van der Waals surface area (Å²) in [6.07, 6.45) is 3.29. The number of aryl methyl sites for hydroxylation is 1. The summed E-state index contributed by atoms with van der Waals surface area (Å²) in [5.74, 6) is 0.209. The molecule has 4 rings (SSSR count). The minimum Gasteiger partial charge on any atom is -0.327 e. The zero-order valence-corrected chi connectivity index (χ0v) is 18.2. The lowest BCUT2D eigenvalue weighted by atomic mass is 10.1. The number of benzene rings is 1. The van der Waals surface area contributed by atoms with Crippen molar-refractivity contribution < 1.29 is 14.5 Å². The van der Waals surface area contributed by atoms with E-state index < -0.39 is 0 Å². The number of fused-ring (bicyclic) bond motifs is 1. The lowest BCUT2D eigenvalue weighted by molar-refractivity contribution is -0.878. The van der Waals surface area contributed by atoms with E-state index >= 15 is 0 Å². The number of rotatable bonds is 5. The third kappa shape index (κ3) is 4.21. The van der Waals surface area contributed by atoms with Gasteiger partial charge in [0.2, 0.25) is 5.91 Å². The number of quaternary nitrogens is 1. The van der Waals surface area contributed by atoms with Crippen LogP contribution in [0.3, 0.4) is 0 Å². The first-order valence-electron chi connectivity index (χ1n) is 10.5. The number of hydrogen-bond acceptors (Lipinski definition) is 4. The lowest BCUT2D eigenvalue weighted by Crippen LogP contribution is -3.11. The summed E-state index contributed by atoms with van der Waals surface area (Å²) in [4.78, 5) is 33.8. The Bertz CT molecular complexity index is 931. The summed E-state index contributed by atoms with van der Waals surface area (Å²) < 4.78 is 0. The van der Waals surface area contributed by atoms with E-state index in [1.807, 2.05) is 37.8 Å². The highest BCUT2D eigenvalue weighted by molar-refractivity contribution is 7.16. The molecule has 1 aromatic carbocycles. The summed E-state index contributed by atoms with van der Waals surface area (Å²) >= 11 is 1.52. The highest BCUT2D eigenvalue weighted by atomic mass is 32.1. The highest BCUT2D eigenvalue weighted by Crippen LogP contribution is 2.36. The van der Waals surface area contributed by atoms with E-state index in [-0.39, 0.29) is 17.7 Å². The average molecular weight is 414 g/mol. The van der Waals surface area contributed by atoms with Crippen molar-refractivity contribution in [2.75, 3.05) is 36.4 Å². The fourth-order valence-electron chi connectivity index (χ4n) is 4.25. The molecular weight excluding hydrogens is 384 g/mol. The van der Waals surface area contributed by atoms with E-state index in [1.165, 1.54) is 34.6 Å². The van der Waals surface area contributed by atoms with Crippen LogP contribution in [-0.4, -0.2) is 43.0 Å². The number of aromatic nitrogens is 1. The SMILES string of the molecule is Cc1sc(NC(=O)C[NH+]2CCCC2)nc1-c1ccc2c(c1)CCN2C(=O)C(C)C. The van der Waals surface area contributed by atoms with Crippen LogP contribution in [0.5, 0.6) is 0 Å². The van der Waals surface area contributed by atoms with Gasteiger partial charge in [0.15, 0.2) is 11.7 Å². The zero-order chi connectivity index (χ0) is 20.5. The predicted octanol–water partition coefficient (Wildman–Crippen LogP) is 2.28. The van der Waals surface area contributed by atoms with Gasteiger partial charge < -0.3 is 9.80 Å². The lowest BCUT2D eigenvalue weighted by Gasteiger charge is -2.19. The number of amides is 2. The first-order valence-corrected chi connectivity index (χ1v) is 11.3. The first-order chi connectivity index (χ1) is 13.9. The van der Waals surface area contributed by atoms with Crippen LogP contribution in [0.1, 0.15) is 37.1 Å². The maximum atomic E-state index is 12.4. The molecule has 0 saturated carbocycles. The van der Waals surface area contributed by atoms with E-state index in [4.69, 9.17) is 4.98 Å². The molecule has 1 saturated heterocycles. The highest BCUT2D eigenvalue weighted by Gasteiger charge is 2.27. The van der Waals surface area contributed by atoms with Crippen LogP contribution in [0.25, 0.3) is 11.3 Å². The second-order valence-corrected chi connectivity index (χ2v) is 9.55. The van der Waals surface area contributed by atoms with Crippen molar-refractivity contribution in [2.24, 2.45) is 5.92 Å². The summed E-state index contributed by atoms with van der Waals surface area (Å²) in [7, 11) is 0. The van der Waals surface area contributed by atoms with Crippen molar-refractivity contribution in [3.05, 3.63) is 28.6 Å². The maximum Gasteiger partial charge on any atom is 0.281 e. The molecule has 2 N–H and O–H groups in total. The van der Waals surface area contributed by atoms with Gasteiger partial charge in [-0.3, -0.25) is 14.9 Å². The van der Waals surface area contributed by atoms with Crippen molar-refractivity contribution in [1.29, 1.82) is 0 Å². The fourth-order valence-corrected chi connectivity index (χ4v) is 5.10. The Labute approximate surface area is 175 Å². The van der Waals surface area contributed by atoms with Gasteiger partial charge >= 0.3 is 0 Å². The van der Waals surface area contributed by atoms with Gasteiger partial charge in [0.25, 0.3) is 5.91 Å². The number of thiazole rings is 1. The summed E-state index contributed by atoms with van der Waals surface area (Å²) in [6.45, 7) is 9.35. The molecule has 7 heteroatoms. The minimum atomic E-state index is -0.00465. The number of likely N-dealkylation sites (tertiary alicyclic amines) is 1. The second kappa shape index (κ2) is 8.24. The molecule has 0 bridgehead atoms. The monoisotopic (exact) mass is 413 g/mol. The Morgan fingerprint density at radius 3 is 2.76 bits per heavy atom. The van der Waals surface area contributed by atoms with E-state index in [9.17, 15) is 9.59 Å². The van der Waals surface area contributed by atoms with Gasteiger partial charge in [0.1, 0.15) is 0 Å². The number of nitrogens with zero attached hydrogens (tertiary/aromatic N) is 2. The summed E-state index contributed by atoms with van der Waals surface area (Å²) in [5.41, 5.74) is 4.16. The Kier molecular flexibility index (Phi) is 5.69. The summed E-state index contributed by atoms with van der Waals surface area (Å²) in [6, 6.07) is 6.21. The van der Waals surface area contributed by atoms with Gasteiger partial charge in [-0.1, -0.05) is 19.9 Å². The number of carbonyl (C=O) groups excluding carboxylic acids is 2. The van der Waals surface area contributed by atoms with Crippen LogP contribution >= 0.6 is 11.3 Å². The van der Waals surface area contributed by atoms with E-state index in [0.29, 0.717) is 11.7 Å². The second-order valence-electron chi connectivity index (χ2n) is 8.34. The molecule has 1 aromatic heterocycles. The standard InChI is InChI=1S/C22H28N4O2S/c1-14(2)21(28)26-11-8-16-12-17(6-7-18(16)26)20-15(3)29-22(24-20)23-19(27)13-25-9-4-5-10-25/h6-7,12,14H,4-5,8-11,13H2,1-3H3,(H,23,24,27)/p+1. The molecule has 2 amide bonds. The minimum absolute atomic E-state index is 0.00465. The number of nitrogens with one attached hydrogen (secondary N) is 2. The molecule has 3 heterocycles. The molecule has 6 nitrogen and oxygen atoms in total. The number of hydrogen-bond donors (Lipinski definition) is 2. The predicted molar refractivity (Wildman–Crippen MR) is 117 cm³/mol. The van der Waals surface area contributed by atoms with Gasteiger partial charge in [-0.2, -0.15) is 0 Å². The van der Waals surface area contributed by atoms with E-state index in [0.717, 1.165) is 47.9 Å². The molecule has 0 atom stereocenters. The van der Waals surface area contributed by atoms with Crippen LogP contribution in [0.4, 0.5) is 10.8 Å². The largest absolute Gasteiger partial charge is 0.327 e. The molecule has 1 fully saturated rings. The number of carbonyl (C=O) groups is 2. The number of anilines is 2. The molecule has 29 heavy (non-hydrogen) atoms. The zero-order valence-electron chi connectivity index (χ0n) is 17.4. The third-order valence-electron chi connectivity index (χ3n) is 5.77. The molecule has 2 aromatic rings. The first kappa shape index (κ1) is 20.0. The molecule has 2 aliphatic heterocycles.